The third kappa shape index (κ3) is 4.23. The first-order chi connectivity index (χ1) is 13.9. The van der Waals surface area contributed by atoms with Gasteiger partial charge in [-0.15, -0.1) is 0 Å². The van der Waals surface area contributed by atoms with E-state index in [2.05, 4.69) is 15.0 Å². The summed E-state index contributed by atoms with van der Waals surface area (Å²) in [6, 6.07) is 6.68. The number of thiophene rings is 1. The molecule has 2 N–H and O–H groups in total. The topological polar surface area (TPSA) is 81.2 Å². The molecule has 2 aromatic heterocycles. The van der Waals surface area contributed by atoms with Gasteiger partial charge in [-0.3, -0.25) is 14.8 Å². The van der Waals surface area contributed by atoms with Crippen LogP contribution < -0.4 is 5.73 Å². The van der Waals surface area contributed by atoms with Crippen LogP contribution in [-0.2, 0) is 12.0 Å². The number of aliphatic imine (C=N–C) groups is 1. The summed E-state index contributed by atoms with van der Waals surface area (Å²) in [6.07, 6.45) is 3.89. The van der Waals surface area contributed by atoms with Crippen LogP contribution in [-0.4, -0.2) is 26.7 Å². The van der Waals surface area contributed by atoms with Gasteiger partial charge in [0.15, 0.2) is 11.0 Å². The predicted molar refractivity (Wildman–Crippen MR) is 116 cm³/mol. The zero-order valence-electron chi connectivity index (χ0n) is 15.8. The van der Waals surface area contributed by atoms with Crippen LogP contribution in [0.1, 0.15) is 35.0 Å². The van der Waals surface area contributed by atoms with Gasteiger partial charge in [0, 0.05) is 28.7 Å². The zero-order valence-corrected chi connectivity index (χ0v) is 17.4. The number of thioether (sulfide) groups is 1. The van der Waals surface area contributed by atoms with Crippen LogP contribution in [0.15, 0.2) is 52.4 Å². The summed E-state index contributed by atoms with van der Waals surface area (Å²) >= 11 is 3.05. The Morgan fingerprint density at radius 1 is 1.28 bits per heavy atom. The molecule has 3 heterocycles. The Bertz CT molecular complexity index is 1070. The van der Waals surface area contributed by atoms with E-state index >= 15 is 0 Å². The Labute approximate surface area is 176 Å². The van der Waals surface area contributed by atoms with E-state index in [9.17, 15) is 9.18 Å². The van der Waals surface area contributed by atoms with Crippen molar-refractivity contribution in [2.45, 2.75) is 25.3 Å². The second kappa shape index (κ2) is 8.04. The summed E-state index contributed by atoms with van der Waals surface area (Å²) in [5.41, 5.74) is 8.31. The van der Waals surface area contributed by atoms with Crippen LogP contribution in [0.5, 0.6) is 0 Å². The molecule has 29 heavy (non-hydrogen) atoms. The molecule has 4 rings (SSSR count). The quantitative estimate of drug-likeness (QED) is 0.610. The smallest absolute Gasteiger partial charge is 0.187 e. The molecule has 0 saturated carbocycles. The van der Waals surface area contributed by atoms with E-state index in [1.54, 1.807) is 29.7 Å². The Balaban J connectivity index is 1.55. The monoisotopic (exact) mass is 426 g/mol. The van der Waals surface area contributed by atoms with Crippen molar-refractivity contribution < 1.29 is 9.18 Å². The lowest BCUT2D eigenvalue weighted by atomic mass is 9.87. The minimum Gasteiger partial charge on any atom is -0.379 e. The average Bonchev–Trinajstić information content (AvgIpc) is 3.24. The molecule has 1 aromatic carbocycles. The number of nitrogens with two attached hydrogens (primary N) is 1. The maximum Gasteiger partial charge on any atom is 0.187 e. The first-order valence-electron chi connectivity index (χ1n) is 9.09. The van der Waals surface area contributed by atoms with Gasteiger partial charge in [-0.2, -0.15) is 11.3 Å². The van der Waals surface area contributed by atoms with Gasteiger partial charge in [0.05, 0.1) is 23.6 Å². The van der Waals surface area contributed by atoms with E-state index in [1.165, 1.54) is 24.0 Å². The highest BCUT2D eigenvalue weighted by atomic mass is 32.2. The lowest BCUT2D eigenvalue weighted by Gasteiger charge is -2.30. The fourth-order valence-electron chi connectivity index (χ4n) is 3.28. The fourth-order valence-corrected chi connectivity index (χ4v) is 4.91. The van der Waals surface area contributed by atoms with Crippen LogP contribution in [0.2, 0.25) is 0 Å². The minimum atomic E-state index is -0.722. The van der Waals surface area contributed by atoms with Crippen molar-refractivity contribution in [2.24, 2.45) is 10.7 Å². The van der Waals surface area contributed by atoms with E-state index in [4.69, 9.17) is 5.73 Å². The summed E-state index contributed by atoms with van der Waals surface area (Å²) < 4.78 is 14.5. The van der Waals surface area contributed by atoms with Crippen LogP contribution in [0, 0.1) is 5.82 Å². The molecule has 0 radical (unpaired) electrons. The van der Waals surface area contributed by atoms with Crippen LogP contribution in [0.3, 0.4) is 0 Å². The van der Waals surface area contributed by atoms with Crippen molar-refractivity contribution in [2.75, 3.05) is 5.75 Å². The molecule has 0 aliphatic carbocycles. The Morgan fingerprint density at radius 2 is 2.14 bits per heavy atom. The second-order valence-electron chi connectivity index (χ2n) is 7.04. The van der Waals surface area contributed by atoms with E-state index in [0.29, 0.717) is 22.7 Å². The Morgan fingerprint density at radius 3 is 2.83 bits per heavy atom. The molecule has 1 aliphatic heterocycles. The molecule has 0 bridgehead atoms. The van der Waals surface area contributed by atoms with Crippen molar-refractivity contribution in [3.05, 3.63) is 70.1 Å². The van der Waals surface area contributed by atoms with Crippen LogP contribution in [0.25, 0.3) is 11.3 Å². The van der Waals surface area contributed by atoms with E-state index in [0.717, 1.165) is 17.0 Å². The van der Waals surface area contributed by atoms with Gasteiger partial charge in [0.25, 0.3) is 0 Å². The van der Waals surface area contributed by atoms with Gasteiger partial charge in [-0.1, -0.05) is 17.8 Å². The Hall–Kier alpha value is -2.58. The zero-order chi connectivity index (χ0) is 20.4. The molecule has 1 aliphatic rings. The number of halogens is 1. The van der Waals surface area contributed by atoms with Crippen LogP contribution >= 0.6 is 23.1 Å². The number of rotatable bonds is 5. The number of carbonyl (C=O) groups is 1. The normalized spacial score (nSPS) is 19.0. The van der Waals surface area contributed by atoms with Gasteiger partial charge in [-0.25, -0.2) is 9.37 Å². The molecule has 0 amide bonds. The molecular formula is C21H19FN4OS2. The number of aromatic nitrogens is 2. The van der Waals surface area contributed by atoms with Gasteiger partial charge in [0.1, 0.15) is 11.5 Å². The number of hydrogen-bond acceptors (Lipinski definition) is 7. The largest absolute Gasteiger partial charge is 0.379 e. The minimum absolute atomic E-state index is 0.115. The lowest BCUT2D eigenvalue weighted by Crippen LogP contribution is -2.29. The number of amidine groups is 1. The third-order valence-electron chi connectivity index (χ3n) is 4.93. The molecule has 0 unspecified atom stereocenters. The number of benzene rings is 1. The van der Waals surface area contributed by atoms with Gasteiger partial charge >= 0.3 is 0 Å². The van der Waals surface area contributed by atoms with Crippen LogP contribution in [0.4, 0.5) is 4.39 Å². The number of ketones is 1. The van der Waals surface area contributed by atoms with Gasteiger partial charge in [-0.05, 0) is 42.5 Å². The second-order valence-corrected chi connectivity index (χ2v) is 8.93. The summed E-state index contributed by atoms with van der Waals surface area (Å²) in [7, 11) is 0. The number of carbonyl (C=O) groups excluding carboxylic acids is 1. The summed E-state index contributed by atoms with van der Waals surface area (Å²) in [5.74, 6) is 0.270. The number of hydrogen-bond donors (Lipinski definition) is 1. The molecule has 8 heteroatoms. The fraction of sp³-hybridized carbons (Fsp3) is 0.238. The Kier molecular flexibility index (Phi) is 5.47. The first kappa shape index (κ1) is 19.7. The molecule has 3 aromatic rings. The molecular weight excluding hydrogens is 407 g/mol. The van der Waals surface area contributed by atoms with Crippen molar-refractivity contribution in [1.82, 2.24) is 9.97 Å². The summed E-state index contributed by atoms with van der Waals surface area (Å²) in [6.45, 7) is 1.87. The summed E-state index contributed by atoms with van der Waals surface area (Å²) in [4.78, 5) is 25.7. The standard InChI is InChI=1S/C21H19FN4OS2/c1-21(5-7-29-20(23)26-21)15-8-13(2-3-16(15)22)9-19(27)18-11-24-17(10-25-18)14-4-6-28-12-14/h2-4,6,8,10-12H,5,7,9H2,1H3,(H2,23,26)/t21-/m0/s1. The van der Waals surface area contributed by atoms with Gasteiger partial charge in [0.2, 0.25) is 0 Å². The molecule has 0 spiro atoms. The highest BCUT2D eigenvalue weighted by molar-refractivity contribution is 8.13. The predicted octanol–water partition coefficient (Wildman–Crippen LogP) is 4.44. The van der Waals surface area contributed by atoms with Gasteiger partial charge < -0.3 is 5.73 Å². The van der Waals surface area contributed by atoms with E-state index in [1.807, 2.05) is 23.8 Å². The van der Waals surface area contributed by atoms with E-state index in [-0.39, 0.29) is 23.7 Å². The maximum atomic E-state index is 14.5. The summed E-state index contributed by atoms with van der Waals surface area (Å²) in [5, 5.41) is 4.40. The maximum absolute atomic E-state index is 14.5. The third-order valence-corrected chi connectivity index (χ3v) is 6.40. The van der Waals surface area contributed by atoms with Crippen molar-refractivity contribution in [1.29, 1.82) is 0 Å². The number of nitrogens with zero attached hydrogens (tertiary/aromatic N) is 3. The van der Waals surface area contributed by atoms with Crippen molar-refractivity contribution in [3.63, 3.8) is 0 Å². The van der Waals surface area contributed by atoms with Crippen molar-refractivity contribution in [3.8, 4) is 11.3 Å². The molecule has 148 valence electrons. The van der Waals surface area contributed by atoms with E-state index < -0.39 is 5.54 Å². The number of Topliss-reactive ketones (excluding diaryl/α,β-unsaturated/α-hetero) is 1. The highest BCUT2D eigenvalue weighted by Gasteiger charge is 2.32. The molecule has 5 nitrogen and oxygen atoms in total. The molecule has 1 atom stereocenters. The average molecular weight is 427 g/mol. The molecule has 0 saturated heterocycles. The first-order valence-corrected chi connectivity index (χ1v) is 11.0. The lowest BCUT2D eigenvalue weighted by molar-refractivity contribution is 0.0987. The van der Waals surface area contributed by atoms with Crippen molar-refractivity contribution >= 4 is 34.0 Å². The SMILES string of the molecule is C[C@@]1(c2cc(CC(=O)c3cnc(-c4ccsc4)cn3)ccc2F)CCSC(N)=N1. The molecule has 0 fully saturated rings. The highest BCUT2D eigenvalue weighted by Crippen LogP contribution is 2.36.